The zero-order chi connectivity index (χ0) is 27.4. The third-order valence-electron chi connectivity index (χ3n) is 6.29. The second-order valence-corrected chi connectivity index (χ2v) is 11.1. The summed E-state index contributed by atoms with van der Waals surface area (Å²) in [5.74, 6) is 1.35. The largest absolute Gasteiger partial charge is 0.476 e. The highest BCUT2D eigenvalue weighted by molar-refractivity contribution is 7.07. The molecule has 0 atom stereocenters. The molecule has 200 valence electrons. The number of aryl methyl sites for hydroxylation is 3. The zero-order valence-electron chi connectivity index (χ0n) is 22.7. The van der Waals surface area contributed by atoms with Gasteiger partial charge in [0.15, 0.2) is 5.60 Å². The average Bonchev–Trinajstić information content (AvgIpc) is 3.51. The highest BCUT2D eigenvalue weighted by Gasteiger charge is 2.32. The molecule has 2 heterocycles. The molecule has 0 aliphatic rings. The van der Waals surface area contributed by atoms with Crippen LogP contribution in [0.4, 0.5) is 5.82 Å². The van der Waals surface area contributed by atoms with Crippen molar-refractivity contribution in [2.45, 2.75) is 53.3 Å². The van der Waals surface area contributed by atoms with E-state index >= 15 is 0 Å². The number of esters is 1. The summed E-state index contributed by atoms with van der Waals surface area (Å²) in [7, 11) is 1.97. The third kappa shape index (κ3) is 6.40. The molecule has 0 saturated carbocycles. The van der Waals surface area contributed by atoms with Gasteiger partial charge in [-0.25, -0.2) is 4.79 Å². The second kappa shape index (κ2) is 11.6. The van der Waals surface area contributed by atoms with E-state index in [0.29, 0.717) is 23.9 Å². The standard InChI is InChI=1S/C30H34ClN3O3S/c1-7-36-29(35)30(4,5)37-28-20(2)14-23(15-21(28)3)18-34(17-22-12-13-38-19-22)27-16-26(32-33(27)6)24-8-10-25(31)11-9-24/h8-16,19H,7,17-18H2,1-6H3. The highest BCUT2D eigenvalue weighted by atomic mass is 35.5. The maximum atomic E-state index is 12.4. The van der Waals surface area contributed by atoms with E-state index in [1.54, 1.807) is 32.1 Å². The Kier molecular flexibility index (Phi) is 8.48. The van der Waals surface area contributed by atoms with Gasteiger partial charge < -0.3 is 14.4 Å². The van der Waals surface area contributed by atoms with Crippen molar-refractivity contribution in [2.24, 2.45) is 7.05 Å². The third-order valence-corrected chi connectivity index (χ3v) is 7.27. The number of thiophene rings is 1. The summed E-state index contributed by atoms with van der Waals surface area (Å²) < 4.78 is 13.3. The normalized spacial score (nSPS) is 11.4. The minimum absolute atomic E-state index is 0.316. The molecule has 0 spiro atoms. The van der Waals surface area contributed by atoms with Crippen LogP contribution in [0.2, 0.25) is 5.02 Å². The van der Waals surface area contributed by atoms with Crippen LogP contribution in [0.1, 0.15) is 43.0 Å². The Hall–Kier alpha value is -3.29. The van der Waals surface area contributed by atoms with Crippen LogP contribution in [0.3, 0.4) is 0 Å². The first kappa shape index (κ1) is 27.7. The van der Waals surface area contributed by atoms with Gasteiger partial charge in [0.2, 0.25) is 0 Å². The maximum Gasteiger partial charge on any atom is 0.349 e. The van der Waals surface area contributed by atoms with Gasteiger partial charge in [0, 0.05) is 36.8 Å². The number of hydrogen-bond donors (Lipinski definition) is 0. The lowest BCUT2D eigenvalue weighted by Gasteiger charge is -2.28. The summed E-state index contributed by atoms with van der Waals surface area (Å²) in [6.07, 6.45) is 0. The topological polar surface area (TPSA) is 56.6 Å². The molecule has 4 aromatic rings. The van der Waals surface area contributed by atoms with Crippen molar-refractivity contribution in [1.82, 2.24) is 9.78 Å². The van der Waals surface area contributed by atoms with Gasteiger partial charge in [-0.15, -0.1) is 0 Å². The van der Waals surface area contributed by atoms with E-state index in [0.717, 1.165) is 40.3 Å². The lowest BCUT2D eigenvalue weighted by Crippen LogP contribution is -2.40. The van der Waals surface area contributed by atoms with Crippen LogP contribution in [0.25, 0.3) is 11.3 Å². The fourth-order valence-electron chi connectivity index (χ4n) is 4.45. The van der Waals surface area contributed by atoms with Crippen molar-refractivity contribution < 1.29 is 14.3 Å². The molecule has 0 saturated heterocycles. The lowest BCUT2D eigenvalue weighted by molar-refractivity contribution is -0.158. The van der Waals surface area contributed by atoms with Gasteiger partial charge in [0.05, 0.1) is 12.3 Å². The quantitative estimate of drug-likeness (QED) is 0.193. The van der Waals surface area contributed by atoms with E-state index in [1.165, 1.54) is 5.56 Å². The number of ether oxygens (including phenoxy) is 2. The monoisotopic (exact) mass is 551 g/mol. The molecule has 0 amide bonds. The molecule has 38 heavy (non-hydrogen) atoms. The van der Waals surface area contributed by atoms with E-state index in [9.17, 15) is 4.79 Å². The van der Waals surface area contributed by atoms with Crippen molar-refractivity contribution >= 4 is 34.7 Å². The highest BCUT2D eigenvalue weighted by Crippen LogP contribution is 2.32. The van der Waals surface area contributed by atoms with E-state index in [1.807, 2.05) is 49.8 Å². The van der Waals surface area contributed by atoms with Crippen LogP contribution in [0, 0.1) is 13.8 Å². The molecule has 0 radical (unpaired) electrons. The maximum absolute atomic E-state index is 12.4. The number of hydrogen-bond acceptors (Lipinski definition) is 6. The smallest absolute Gasteiger partial charge is 0.349 e. The van der Waals surface area contributed by atoms with E-state index in [-0.39, 0.29) is 5.97 Å². The molecule has 2 aromatic carbocycles. The first-order valence-electron chi connectivity index (χ1n) is 12.6. The molecule has 0 fully saturated rings. The summed E-state index contributed by atoms with van der Waals surface area (Å²) in [5, 5.41) is 9.77. The van der Waals surface area contributed by atoms with Crippen LogP contribution < -0.4 is 9.64 Å². The van der Waals surface area contributed by atoms with E-state index in [4.69, 9.17) is 26.2 Å². The van der Waals surface area contributed by atoms with E-state index < -0.39 is 5.60 Å². The predicted molar refractivity (Wildman–Crippen MR) is 155 cm³/mol. The Bertz CT molecular complexity index is 1370. The van der Waals surface area contributed by atoms with Gasteiger partial charge in [-0.1, -0.05) is 35.9 Å². The Morgan fingerprint density at radius 2 is 1.71 bits per heavy atom. The summed E-state index contributed by atoms with van der Waals surface area (Å²) in [6.45, 7) is 11.0. The van der Waals surface area contributed by atoms with Crippen LogP contribution in [0.15, 0.2) is 59.3 Å². The molecule has 4 rings (SSSR count). The zero-order valence-corrected chi connectivity index (χ0v) is 24.3. The first-order valence-corrected chi connectivity index (χ1v) is 13.9. The number of halogens is 1. The Labute approximate surface area is 233 Å². The summed E-state index contributed by atoms with van der Waals surface area (Å²) in [4.78, 5) is 14.7. The molecule has 0 aliphatic heterocycles. The minimum atomic E-state index is -1.08. The number of carbonyl (C=O) groups is 1. The molecule has 0 unspecified atom stereocenters. The summed E-state index contributed by atoms with van der Waals surface area (Å²) in [5.41, 5.74) is 5.17. The molecular formula is C30H34ClN3O3S. The average molecular weight is 552 g/mol. The fourth-order valence-corrected chi connectivity index (χ4v) is 5.24. The van der Waals surface area contributed by atoms with Gasteiger partial charge in [-0.05, 0) is 85.8 Å². The molecule has 0 N–H and O–H groups in total. The van der Waals surface area contributed by atoms with Gasteiger partial charge >= 0.3 is 5.97 Å². The number of nitrogens with zero attached hydrogens (tertiary/aromatic N) is 3. The van der Waals surface area contributed by atoms with Crippen molar-refractivity contribution in [3.63, 3.8) is 0 Å². The summed E-state index contributed by atoms with van der Waals surface area (Å²) >= 11 is 7.79. The number of aromatic nitrogens is 2. The Morgan fingerprint density at radius 1 is 1.05 bits per heavy atom. The Balaban J connectivity index is 1.64. The number of anilines is 1. The van der Waals surface area contributed by atoms with Crippen molar-refractivity contribution in [1.29, 1.82) is 0 Å². The summed E-state index contributed by atoms with van der Waals surface area (Å²) in [6, 6.07) is 16.3. The van der Waals surface area contributed by atoms with Crippen LogP contribution in [0.5, 0.6) is 5.75 Å². The molecule has 2 aromatic heterocycles. The molecule has 6 nitrogen and oxygen atoms in total. The fraction of sp³-hybridized carbons (Fsp3) is 0.333. The Morgan fingerprint density at radius 3 is 2.32 bits per heavy atom. The minimum Gasteiger partial charge on any atom is -0.476 e. The van der Waals surface area contributed by atoms with E-state index in [2.05, 4.69) is 39.9 Å². The van der Waals surface area contributed by atoms with Gasteiger partial charge in [-0.3, -0.25) is 4.68 Å². The molecule has 0 bridgehead atoms. The van der Waals surface area contributed by atoms with Crippen molar-refractivity contribution in [3.8, 4) is 17.0 Å². The number of benzene rings is 2. The molecular weight excluding hydrogens is 518 g/mol. The lowest BCUT2D eigenvalue weighted by atomic mass is 10.0. The predicted octanol–water partition coefficient (Wildman–Crippen LogP) is 7.35. The van der Waals surface area contributed by atoms with Crippen molar-refractivity contribution in [2.75, 3.05) is 11.5 Å². The van der Waals surface area contributed by atoms with Crippen LogP contribution in [-0.2, 0) is 29.7 Å². The van der Waals surface area contributed by atoms with Gasteiger partial charge in [0.25, 0.3) is 0 Å². The van der Waals surface area contributed by atoms with Crippen LogP contribution >= 0.6 is 22.9 Å². The number of rotatable bonds is 10. The van der Waals surface area contributed by atoms with Crippen molar-refractivity contribution in [3.05, 3.63) is 86.6 Å². The van der Waals surface area contributed by atoms with Crippen LogP contribution in [-0.4, -0.2) is 28.0 Å². The first-order chi connectivity index (χ1) is 18.1. The van der Waals surface area contributed by atoms with Gasteiger partial charge in [-0.2, -0.15) is 16.4 Å². The number of carbonyl (C=O) groups excluding carboxylic acids is 1. The van der Waals surface area contributed by atoms with Gasteiger partial charge in [0.1, 0.15) is 11.6 Å². The SMILES string of the molecule is CCOC(=O)C(C)(C)Oc1c(C)cc(CN(Cc2ccsc2)c2cc(-c3ccc(Cl)cc3)nn2C)cc1C. The second-order valence-electron chi connectivity index (χ2n) is 9.90. The molecule has 8 heteroatoms. The molecule has 0 aliphatic carbocycles.